The maximum atomic E-state index is 11.0. The molecule has 0 heterocycles. The Balaban J connectivity index is 1.76. The van der Waals surface area contributed by atoms with Gasteiger partial charge in [-0.1, -0.05) is 60.7 Å². The Kier molecular flexibility index (Phi) is 6.79. The van der Waals surface area contributed by atoms with E-state index in [4.69, 9.17) is 9.47 Å². The van der Waals surface area contributed by atoms with Gasteiger partial charge in [0.15, 0.2) is 11.5 Å². The summed E-state index contributed by atoms with van der Waals surface area (Å²) in [5.41, 5.74) is 5.33. The Morgan fingerprint density at radius 2 is 1.43 bits per heavy atom. The maximum Gasteiger partial charge on any atom is 0.236 e. The van der Waals surface area contributed by atoms with Crippen LogP contribution in [-0.2, 0) is 18.0 Å². The Labute approximate surface area is 164 Å². The number of benzene rings is 3. The summed E-state index contributed by atoms with van der Waals surface area (Å²) in [6.07, 6.45) is 1.57. The van der Waals surface area contributed by atoms with E-state index in [1.54, 1.807) is 6.21 Å². The van der Waals surface area contributed by atoms with Gasteiger partial charge in [-0.2, -0.15) is 5.10 Å². The summed E-state index contributed by atoms with van der Waals surface area (Å²) in [6, 6.07) is 25.4. The van der Waals surface area contributed by atoms with E-state index >= 15 is 0 Å². The van der Waals surface area contributed by atoms with Crippen LogP contribution in [0.5, 0.6) is 11.5 Å². The molecule has 0 aliphatic rings. The molecule has 0 saturated carbocycles. The van der Waals surface area contributed by atoms with E-state index in [9.17, 15) is 4.79 Å². The minimum absolute atomic E-state index is 0.223. The van der Waals surface area contributed by atoms with Gasteiger partial charge < -0.3 is 9.47 Å². The second-order valence-corrected chi connectivity index (χ2v) is 6.18. The zero-order valence-electron chi connectivity index (χ0n) is 15.7. The van der Waals surface area contributed by atoms with Crippen molar-refractivity contribution >= 4 is 12.1 Å². The van der Waals surface area contributed by atoms with Crippen LogP contribution in [0.3, 0.4) is 0 Å². The molecule has 3 aromatic rings. The lowest BCUT2D eigenvalue weighted by Gasteiger charge is -2.14. The standard InChI is InChI=1S/C23H22N2O3/c1-18(26)25-24-15-21-12-13-22(27-16-19-8-4-2-5-9-19)23(14-21)28-17-20-10-6-3-7-11-20/h2-15H,16-17H2,1H3,(H,25,26). The largest absolute Gasteiger partial charge is 0.485 e. The number of ether oxygens (including phenoxy) is 2. The maximum absolute atomic E-state index is 11.0. The molecule has 1 N–H and O–H groups in total. The van der Waals surface area contributed by atoms with Crippen molar-refractivity contribution in [3.05, 3.63) is 95.6 Å². The molecule has 0 aliphatic carbocycles. The molecule has 0 aliphatic heterocycles. The Morgan fingerprint density at radius 3 is 2.00 bits per heavy atom. The quantitative estimate of drug-likeness (QED) is 0.472. The van der Waals surface area contributed by atoms with Gasteiger partial charge in [0.1, 0.15) is 13.2 Å². The average molecular weight is 374 g/mol. The SMILES string of the molecule is CC(=O)NN=Cc1ccc(OCc2ccccc2)c(OCc2ccccc2)c1. The van der Waals surface area contributed by atoms with Crippen molar-refractivity contribution in [3.63, 3.8) is 0 Å². The molecule has 0 saturated heterocycles. The van der Waals surface area contributed by atoms with Crippen molar-refractivity contribution in [1.29, 1.82) is 0 Å². The van der Waals surface area contributed by atoms with Crippen molar-refractivity contribution < 1.29 is 14.3 Å². The predicted octanol–water partition coefficient (Wildman–Crippen LogP) is 4.31. The van der Waals surface area contributed by atoms with Crippen LogP contribution in [0.2, 0.25) is 0 Å². The first-order valence-corrected chi connectivity index (χ1v) is 8.98. The molecule has 0 spiro atoms. The third kappa shape index (κ3) is 5.99. The van der Waals surface area contributed by atoms with Gasteiger partial charge in [0, 0.05) is 6.92 Å². The summed E-state index contributed by atoms with van der Waals surface area (Å²) in [7, 11) is 0. The molecule has 0 radical (unpaired) electrons. The summed E-state index contributed by atoms with van der Waals surface area (Å²) < 4.78 is 12.0. The fourth-order valence-corrected chi connectivity index (χ4v) is 2.51. The number of rotatable bonds is 8. The number of amides is 1. The van der Waals surface area contributed by atoms with Crippen molar-refractivity contribution in [2.24, 2.45) is 5.10 Å². The second-order valence-electron chi connectivity index (χ2n) is 6.18. The number of hydrogen-bond acceptors (Lipinski definition) is 4. The van der Waals surface area contributed by atoms with Crippen LogP contribution in [-0.4, -0.2) is 12.1 Å². The van der Waals surface area contributed by atoms with Crippen molar-refractivity contribution in [1.82, 2.24) is 5.43 Å². The Hall–Kier alpha value is -3.60. The van der Waals surface area contributed by atoms with E-state index in [1.807, 2.05) is 78.9 Å². The van der Waals surface area contributed by atoms with Crippen LogP contribution in [0.1, 0.15) is 23.6 Å². The van der Waals surface area contributed by atoms with E-state index in [2.05, 4.69) is 10.5 Å². The number of hydrazone groups is 1. The summed E-state index contributed by atoms with van der Waals surface area (Å²) in [5.74, 6) is 1.04. The highest BCUT2D eigenvalue weighted by Gasteiger charge is 2.08. The summed E-state index contributed by atoms with van der Waals surface area (Å²) in [6.45, 7) is 2.28. The minimum Gasteiger partial charge on any atom is -0.485 e. The van der Waals surface area contributed by atoms with Gasteiger partial charge in [-0.25, -0.2) is 5.43 Å². The molecule has 0 aromatic heterocycles. The number of hydrogen-bond donors (Lipinski definition) is 1. The molecule has 28 heavy (non-hydrogen) atoms. The number of nitrogens with zero attached hydrogens (tertiary/aromatic N) is 1. The Bertz CT molecular complexity index is 925. The highest BCUT2D eigenvalue weighted by atomic mass is 16.5. The summed E-state index contributed by atoms with van der Waals surface area (Å²) >= 11 is 0. The van der Waals surface area contributed by atoms with Crippen molar-refractivity contribution in [2.45, 2.75) is 20.1 Å². The fourth-order valence-electron chi connectivity index (χ4n) is 2.51. The van der Waals surface area contributed by atoms with E-state index < -0.39 is 0 Å². The molecule has 0 unspecified atom stereocenters. The zero-order chi connectivity index (χ0) is 19.6. The van der Waals surface area contributed by atoms with E-state index in [1.165, 1.54) is 6.92 Å². The fraction of sp³-hybridized carbons (Fsp3) is 0.130. The third-order valence-corrected chi connectivity index (χ3v) is 3.88. The number of nitrogens with one attached hydrogen (secondary N) is 1. The first kappa shape index (κ1) is 19.2. The lowest BCUT2D eigenvalue weighted by atomic mass is 10.2. The molecule has 3 rings (SSSR count). The first-order chi connectivity index (χ1) is 13.7. The molecular formula is C23H22N2O3. The van der Waals surface area contributed by atoms with Crippen LogP contribution in [0.25, 0.3) is 0 Å². The van der Waals surface area contributed by atoms with Gasteiger partial charge in [0.25, 0.3) is 0 Å². The van der Waals surface area contributed by atoms with Gasteiger partial charge in [0.05, 0.1) is 6.21 Å². The normalized spacial score (nSPS) is 10.6. The molecule has 142 valence electrons. The Morgan fingerprint density at radius 1 is 0.857 bits per heavy atom. The van der Waals surface area contributed by atoms with Crippen LogP contribution in [0.15, 0.2) is 84.0 Å². The van der Waals surface area contributed by atoms with Crippen LogP contribution in [0.4, 0.5) is 0 Å². The number of carbonyl (C=O) groups is 1. The summed E-state index contributed by atoms with van der Waals surface area (Å²) in [5, 5.41) is 3.90. The van der Waals surface area contributed by atoms with Gasteiger partial charge >= 0.3 is 0 Å². The van der Waals surface area contributed by atoms with Gasteiger partial charge in [-0.15, -0.1) is 0 Å². The van der Waals surface area contributed by atoms with Crippen LogP contribution >= 0.6 is 0 Å². The number of carbonyl (C=O) groups excluding carboxylic acids is 1. The van der Waals surface area contributed by atoms with E-state index in [0.717, 1.165) is 16.7 Å². The first-order valence-electron chi connectivity index (χ1n) is 8.98. The van der Waals surface area contributed by atoms with E-state index in [-0.39, 0.29) is 5.91 Å². The average Bonchev–Trinajstić information content (AvgIpc) is 2.73. The predicted molar refractivity (Wildman–Crippen MR) is 109 cm³/mol. The molecule has 3 aromatic carbocycles. The lowest BCUT2D eigenvalue weighted by Crippen LogP contribution is -2.12. The molecule has 0 fully saturated rings. The smallest absolute Gasteiger partial charge is 0.236 e. The highest BCUT2D eigenvalue weighted by molar-refractivity contribution is 5.82. The van der Waals surface area contributed by atoms with Crippen LogP contribution < -0.4 is 14.9 Å². The second kappa shape index (κ2) is 9.92. The lowest BCUT2D eigenvalue weighted by molar-refractivity contribution is -0.118. The zero-order valence-corrected chi connectivity index (χ0v) is 15.7. The summed E-state index contributed by atoms with van der Waals surface area (Å²) in [4.78, 5) is 11.0. The molecular weight excluding hydrogens is 352 g/mol. The van der Waals surface area contributed by atoms with E-state index in [0.29, 0.717) is 24.7 Å². The minimum atomic E-state index is -0.223. The monoisotopic (exact) mass is 374 g/mol. The van der Waals surface area contributed by atoms with Gasteiger partial charge in [-0.3, -0.25) is 4.79 Å². The molecule has 0 atom stereocenters. The van der Waals surface area contributed by atoms with Crippen molar-refractivity contribution in [3.8, 4) is 11.5 Å². The van der Waals surface area contributed by atoms with Gasteiger partial charge in [-0.05, 0) is 34.9 Å². The molecule has 5 nitrogen and oxygen atoms in total. The highest BCUT2D eigenvalue weighted by Crippen LogP contribution is 2.29. The van der Waals surface area contributed by atoms with Crippen LogP contribution in [0, 0.1) is 0 Å². The molecule has 1 amide bonds. The molecule has 0 bridgehead atoms. The van der Waals surface area contributed by atoms with Crippen molar-refractivity contribution in [2.75, 3.05) is 0 Å². The van der Waals surface area contributed by atoms with Gasteiger partial charge in [0.2, 0.25) is 5.91 Å². The topological polar surface area (TPSA) is 59.9 Å². The molecule has 5 heteroatoms. The third-order valence-electron chi connectivity index (χ3n) is 3.88.